The van der Waals surface area contributed by atoms with Crippen LogP contribution in [0.25, 0.3) is 10.2 Å². The van der Waals surface area contributed by atoms with Crippen molar-refractivity contribution in [3.63, 3.8) is 0 Å². The highest BCUT2D eigenvalue weighted by molar-refractivity contribution is 7.20. The van der Waals surface area contributed by atoms with Gasteiger partial charge in [0, 0.05) is 0 Å². The van der Waals surface area contributed by atoms with Crippen molar-refractivity contribution in [2.45, 2.75) is 20.4 Å². The highest BCUT2D eigenvalue weighted by Gasteiger charge is 2.21. The normalized spacial score (nSPS) is 10.9. The van der Waals surface area contributed by atoms with E-state index in [1.165, 1.54) is 11.7 Å². The van der Waals surface area contributed by atoms with E-state index in [4.69, 9.17) is 4.74 Å². The predicted molar refractivity (Wildman–Crippen MR) is 100 cm³/mol. The summed E-state index contributed by atoms with van der Waals surface area (Å²) in [5.74, 6) is 0.626. The summed E-state index contributed by atoms with van der Waals surface area (Å²) in [6, 6.07) is 7.07. The second-order valence-electron chi connectivity index (χ2n) is 5.70. The number of anilines is 1. The van der Waals surface area contributed by atoms with Crippen LogP contribution < -0.4 is 15.6 Å². The Labute approximate surface area is 153 Å². The number of hydrogen-bond acceptors (Lipinski definition) is 5. The van der Waals surface area contributed by atoms with Crippen LogP contribution >= 0.6 is 11.3 Å². The van der Waals surface area contributed by atoms with Crippen molar-refractivity contribution < 1.29 is 13.9 Å². The fraction of sp³-hybridized carbons (Fsp3) is 0.278. The summed E-state index contributed by atoms with van der Waals surface area (Å²) in [5, 5.41) is 3.16. The Balaban J connectivity index is 2.06. The number of aromatic nitrogens is 2. The number of ether oxygens (including phenoxy) is 1. The number of benzene rings is 1. The summed E-state index contributed by atoms with van der Waals surface area (Å²) in [6.07, 6.45) is 0. The van der Waals surface area contributed by atoms with Gasteiger partial charge in [0.25, 0.3) is 11.5 Å². The minimum Gasteiger partial charge on any atom is -0.495 e. The predicted octanol–water partition coefficient (Wildman–Crippen LogP) is 3.31. The van der Waals surface area contributed by atoms with Crippen LogP contribution in [0.4, 0.5) is 10.1 Å². The first-order valence-electron chi connectivity index (χ1n) is 7.98. The van der Waals surface area contributed by atoms with E-state index >= 15 is 0 Å². The van der Waals surface area contributed by atoms with Crippen molar-refractivity contribution in [3.05, 3.63) is 50.9 Å². The largest absolute Gasteiger partial charge is 0.495 e. The first-order chi connectivity index (χ1) is 12.5. The number of nitrogens with zero attached hydrogens (tertiary/aromatic N) is 2. The lowest BCUT2D eigenvalue weighted by atomic mass is 10.2. The number of rotatable bonds is 5. The molecule has 0 spiro atoms. The van der Waals surface area contributed by atoms with Gasteiger partial charge in [-0.1, -0.05) is 12.1 Å². The van der Waals surface area contributed by atoms with Crippen molar-refractivity contribution >= 4 is 33.1 Å². The van der Waals surface area contributed by atoms with Crippen molar-refractivity contribution in [1.82, 2.24) is 9.55 Å². The average molecular weight is 375 g/mol. The molecule has 0 saturated carbocycles. The molecule has 3 aromatic rings. The number of thiophene rings is 1. The number of methoxy groups -OCH3 is 1. The number of halogens is 1. The number of carbonyl (C=O) groups is 1. The quantitative estimate of drug-likeness (QED) is 0.743. The molecule has 0 aliphatic carbocycles. The summed E-state index contributed by atoms with van der Waals surface area (Å²) >= 11 is 1.15. The first kappa shape index (κ1) is 18.1. The highest BCUT2D eigenvalue weighted by atomic mass is 32.1. The van der Waals surface area contributed by atoms with Gasteiger partial charge in [0.05, 0.1) is 29.6 Å². The molecule has 0 aliphatic heterocycles. The second kappa shape index (κ2) is 7.25. The van der Waals surface area contributed by atoms with Gasteiger partial charge >= 0.3 is 0 Å². The summed E-state index contributed by atoms with van der Waals surface area (Å²) in [7, 11) is 1.52. The van der Waals surface area contributed by atoms with Crippen LogP contribution in [0.5, 0.6) is 5.75 Å². The maximum absolute atomic E-state index is 12.7. The monoisotopic (exact) mass is 375 g/mol. The minimum absolute atomic E-state index is 0.0500. The molecule has 0 fully saturated rings. The van der Waals surface area contributed by atoms with Crippen molar-refractivity contribution in [2.24, 2.45) is 0 Å². The topological polar surface area (TPSA) is 73.2 Å². The van der Waals surface area contributed by atoms with E-state index in [2.05, 4.69) is 10.3 Å². The van der Waals surface area contributed by atoms with Crippen molar-refractivity contribution in [3.8, 4) is 5.75 Å². The van der Waals surface area contributed by atoms with Gasteiger partial charge < -0.3 is 10.1 Å². The van der Waals surface area contributed by atoms with Crippen molar-refractivity contribution in [1.29, 1.82) is 0 Å². The maximum Gasteiger partial charge on any atom is 0.266 e. The van der Waals surface area contributed by atoms with E-state index in [0.717, 1.165) is 11.3 Å². The molecule has 0 saturated heterocycles. The number of nitrogens with one attached hydrogen (secondary N) is 1. The Morgan fingerprint density at radius 1 is 1.35 bits per heavy atom. The van der Waals surface area contributed by atoms with Gasteiger partial charge in [-0.15, -0.1) is 11.3 Å². The third-order valence-electron chi connectivity index (χ3n) is 4.11. The van der Waals surface area contributed by atoms with Gasteiger partial charge in [-0.25, -0.2) is 9.37 Å². The van der Waals surface area contributed by atoms with Gasteiger partial charge in [-0.05, 0) is 31.5 Å². The molecule has 136 valence electrons. The number of alkyl halides is 1. The standard InChI is InChI=1S/C18H18FN3O3S/c1-10-14-17(20-11(2)22(9-8-19)18(14)24)26-15(10)16(23)21-12-6-4-5-7-13(12)25-3/h4-7H,8-9H2,1-3H3,(H,21,23). The van der Waals surface area contributed by atoms with E-state index in [1.54, 1.807) is 38.1 Å². The molecule has 0 atom stereocenters. The molecule has 0 unspecified atom stereocenters. The minimum atomic E-state index is -0.655. The highest BCUT2D eigenvalue weighted by Crippen LogP contribution is 2.30. The molecule has 1 N–H and O–H groups in total. The number of para-hydroxylation sites is 2. The zero-order chi connectivity index (χ0) is 18.8. The fourth-order valence-electron chi connectivity index (χ4n) is 2.81. The van der Waals surface area contributed by atoms with Crippen LogP contribution in [0.15, 0.2) is 29.1 Å². The molecule has 6 nitrogen and oxygen atoms in total. The summed E-state index contributed by atoms with van der Waals surface area (Å²) in [6.45, 7) is 2.65. The number of aryl methyl sites for hydroxylation is 2. The van der Waals surface area contributed by atoms with Gasteiger partial charge in [0.15, 0.2) is 0 Å². The number of amides is 1. The zero-order valence-electron chi connectivity index (χ0n) is 14.6. The van der Waals surface area contributed by atoms with Crippen LogP contribution in [0.1, 0.15) is 21.1 Å². The lowest BCUT2D eigenvalue weighted by Gasteiger charge is -2.09. The average Bonchev–Trinajstić information content (AvgIpc) is 2.95. The van der Waals surface area contributed by atoms with Crippen LogP contribution in [0.3, 0.4) is 0 Å². The molecule has 26 heavy (non-hydrogen) atoms. The summed E-state index contributed by atoms with van der Waals surface area (Å²) in [4.78, 5) is 30.6. The summed E-state index contributed by atoms with van der Waals surface area (Å²) < 4.78 is 19.3. The molecule has 0 aliphatic rings. The molecule has 1 amide bonds. The molecule has 2 heterocycles. The van der Waals surface area contributed by atoms with Gasteiger partial charge in [0.1, 0.15) is 23.1 Å². The van der Waals surface area contributed by atoms with Crippen LogP contribution in [0, 0.1) is 13.8 Å². The Hall–Kier alpha value is -2.74. The van der Waals surface area contributed by atoms with E-state index < -0.39 is 6.67 Å². The van der Waals surface area contributed by atoms with E-state index in [9.17, 15) is 14.0 Å². The zero-order valence-corrected chi connectivity index (χ0v) is 15.4. The second-order valence-corrected chi connectivity index (χ2v) is 6.69. The molecule has 2 aromatic heterocycles. The van der Waals surface area contributed by atoms with Crippen LogP contribution in [0.2, 0.25) is 0 Å². The Bertz CT molecular complexity index is 1040. The number of hydrogen-bond donors (Lipinski definition) is 1. The molecule has 8 heteroatoms. The van der Waals surface area contributed by atoms with Gasteiger partial charge in [-0.3, -0.25) is 14.2 Å². The Morgan fingerprint density at radius 3 is 2.77 bits per heavy atom. The van der Waals surface area contributed by atoms with Crippen molar-refractivity contribution in [2.75, 3.05) is 19.1 Å². The third-order valence-corrected chi connectivity index (χ3v) is 5.30. The lowest BCUT2D eigenvalue weighted by Crippen LogP contribution is -2.24. The first-order valence-corrected chi connectivity index (χ1v) is 8.80. The number of fused-ring (bicyclic) bond motifs is 1. The van der Waals surface area contributed by atoms with Crippen LogP contribution in [-0.2, 0) is 6.54 Å². The van der Waals surface area contributed by atoms with Gasteiger partial charge in [-0.2, -0.15) is 0 Å². The number of carbonyl (C=O) groups excluding carboxylic acids is 1. The summed E-state index contributed by atoms with van der Waals surface area (Å²) in [5.41, 5.74) is 0.758. The smallest absolute Gasteiger partial charge is 0.266 e. The van der Waals surface area contributed by atoms with E-state index in [0.29, 0.717) is 37.9 Å². The SMILES string of the molecule is COc1ccccc1NC(=O)c1sc2nc(C)n(CCF)c(=O)c2c1C. The van der Waals surface area contributed by atoms with Crippen LogP contribution in [-0.4, -0.2) is 29.2 Å². The lowest BCUT2D eigenvalue weighted by molar-refractivity contribution is 0.102. The van der Waals surface area contributed by atoms with E-state index in [1.807, 2.05) is 0 Å². The fourth-order valence-corrected chi connectivity index (χ4v) is 3.92. The molecule has 0 bridgehead atoms. The molecule has 1 aromatic carbocycles. The molecular formula is C18H18FN3O3S. The molecular weight excluding hydrogens is 357 g/mol. The molecule has 3 rings (SSSR count). The molecule has 0 radical (unpaired) electrons. The third kappa shape index (κ3) is 3.08. The Kier molecular flexibility index (Phi) is 5.03. The maximum atomic E-state index is 12.7. The van der Waals surface area contributed by atoms with Gasteiger partial charge in [0.2, 0.25) is 0 Å². The van der Waals surface area contributed by atoms with E-state index in [-0.39, 0.29) is 18.0 Å². The Morgan fingerprint density at radius 2 is 2.08 bits per heavy atom.